The Bertz CT molecular complexity index is 392. The van der Waals surface area contributed by atoms with E-state index in [0.717, 1.165) is 37.8 Å². The van der Waals surface area contributed by atoms with Crippen LogP contribution in [0.25, 0.3) is 0 Å². The molecule has 2 rings (SSSR count). The number of hydrogen-bond acceptors (Lipinski definition) is 4. The fraction of sp³-hybridized carbons (Fsp3) is 0.588. The second-order valence-corrected chi connectivity index (χ2v) is 5.44. The molecule has 118 valence electrons. The summed E-state index contributed by atoms with van der Waals surface area (Å²) in [6, 6.07) is 9.68. The fourth-order valence-corrected chi connectivity index (χ4v) is 2.73. The molecule has 0 amide bonds. The van der Waals surface area contributed by atoms with Gasteiger partial charge in [0.05, 0.1) is 12.7 Å². The molecule has 0 saturated carbocycles. The smallest absolute Gasteiger partial charge is 0.120 e. The van der Waals surface area contributed by atoms with Gasteiger partial charge in [0, 0.05) is 13.0 Å². The summed E-state index contributed by atoms with van der Waals surface area (Å²) in [7, 11) is 1.66. The first-order valence-electron chi connectivity index (χ1n) is 7.62. The van der Waals surface area contributed by atoms with Gasteiger partial charge in [0.25, 0.3) is 0 Å². The number of ether oxygens (including phenoxy) is 1. The summed E-state index contributed by atoms with van der Waals surface area (Å²) in [5.41, 5.74) is -0.645. The topological polar surface area (TPSA) is 58.6 Å². The van der Waals surface area contributed by atoms with Crippen LogP contribution >= 0.6 is 0 Å². The van der Waals surface area contributed by atoms with E-state index in [9.17, 15) is 9.90 Å². The lowest BCUT2D eigenvalue weighted by molar-refractivity contribution is -0.113. The molecule has 2 unspecified atom stereocenters. The van der Waals surface area contributed by atoms with E-state index in [1.165, 1.54) is 0 Å². The van der Waals surface area contributed by atoms with Gasteiger partial charge >= 0.3 is 0 Å². The Morgan fingerprint density at radius 2 is 2.14 bits per heavy atom. The average Bonchev–Trinajstić information content (AvgIpc) is 2.52. The molecule has 2 N–H and O–H groups in total. The number of hydrogen-bond donors (Lipinski definition) is 2. The first kappa shape index (κ1) is 17.7. The SMILES string of the molecule is CCCC1(O)CNCCC1CC=O.COc1ccccc1. The summed E-state index contributed by atoms with van der Waals surface area (Å²) in [5, 5.41) is 13.4. The number of aldehydes is 1. The summed E-state index contributed by atoms with van der Waals surface area (Å²) in [4.78, 5) is 10.4. The maximum absolute atomic E-state index is 10.4. The van der Waals surface area contributed by atoms with E-state index in [-0.39, 0.29) is 5.92 Å². The quantitative estimate of drug-likeness (QED) is 0.819. The number of benzene rings is 1. The van der Waals surface area contributed by atoms with Crippen molar-refractivity contribution in [2.75, 3.05) is 20.2 Å². The van der Waals surface area contributed by atoms with E-state index in [1.54, 1.807) is 7.11 Å². The van der Waals surface area contributed by atoms with Crippen molar-refractivity contribution in [3.8, 4) is 5.75 Å². The molecule has 0 spiro atoms. The molecule has 1 aromatic rings. The second-order valence-electron chi connectivity index (χ2n) is 5.44. The monoisotopic (exact) mass is 293 g/mol. The van der Waals surface area contributed by atoms with Crippen molar-refractivity contribution in [1.82, 2.24) is 5.32 Å². The lowest BCUT2D eigenvalue weighted by atomic mass is 9.77. The predicted octanol–water partition coefficient (Wildman–Crippen LogP) is 2.41. The van der Waals surface area contributed by atoms with E-state index >= 15 is 0 Å². The maximum atomic E-state index is 10.4. The highest BCUT2D eigenvalue weighted by atomic mass is 16.5. The van der Waals surface area contributed by atoms with Crippen LogP contribution in [-0.2, 0) is 4.79 Å². The average molecular weight is 293 g/mol. The molecule has 21 heavy (non-hydrogen) atoms. The Hall–Kier alpha value is -1.39. The molecule has 1 aromatic carbocycles. The lowest BCUT2D eigenvalue weighted by Crippen LogP contribution is -2.52. The van der Waals surface area contributed by atoms with E-state index in [4.69, 9.17) is 4.74 Å². The number of methoxy groups -OCH3 is 1. The van der Waals surface area contributed by atoms with Crippen LogP contribution in [0.15, 0.2) is 30.3 Å². The minimum Gasteiger partial charge on any atom is -0.497 e. The van der Waals surface area contributed by atoms with Crippen LogP contribution in [0, 0.1) is 5.92 Å². The molecule has 1 fully saturated rings. The molecule has 1 aliphatic rings. The van der Waals surface area contributed by atoms with Crippen LogP contribution in [0.2, 0.25) is 0 Å². The highest BCUT2D eigenvalue weighted by Crippen LogP contribution is 2.30. The minimum atomic E-state index is -0.645. The molecule has 0 radical (unpaired) electrons. The predicted molar refractivity (Wildman–Crippen MR) is 84.5 cm³/mol. The van der Waals surface area contributed by atoms with Crippen molar-refractivity contribution in [1.29, 1.82) is 0 Å². The summed E-state index contributed by atoms with van der Waals surface area (Å²) >= 11 is 0. The zero-order valence-electron chi connectivity index (χ0n) is 13.0. The van der Waals surface area contributed by atoms with Crippen molar-refractivity contribution in [2.24, 2.45) is 5.92 Å². The van der Waals surface area contributed by atoms with Crippen molar-refractivity contribution < 1.29 is 14.6 Å². The van der Waals surface area contributed by atoms with E-state index in [2.05, 4.69) is 12.2 Å². The standard InChI is InChI=1S/C10H19NO2.C7H8O/c1-2-5-10(13)8-11-6-3-9(10)4-7-12;1-8-7-5-3-2-4-6-7/h7,9,11,13H,2-6,8H2,1H3;2-6H,1H3. The largest absolute Gasteiger partial charge is 0.497 e. The normalized spacial score (nSPS) is 24.6. The zero-order valence-corrected chi connectivity index (χ0v) is 13.0. The fourth-order valence-electron chi connectivity index (χ4n) is 2.73. The number of β-amino-alcohol motifs (C(OH)–C–C–N with tert-alkyl or cyclic N) is 1. The Morgan fingerprint density at radius 3 is 2.67 bits per heavy atom. The number of aliphatic hydroxyl groups is 1. The minimum absolute atomic E-state index is 0.159. The molecule has 1 saturated heterocycles. The van der Waals surface area contributed by atoms with Crippen molar-refractivity contribution >= 4 is 6.29 Å². The lowest BCUT2D eigenvalue weighted by Gasteiger charge is -2.39. The van der Waals surface area contributed by atoms with E-state index < -0.39 is 5.60 Å². The van der Waals surface area contributed by atoms with Crippen molar-refractivity contribution in [3.05, 3.63) is 30.3 Å². The molecule has 4 heteroatoms. The van der Waals surface area contributed by atoms with Gasteiger partial charge in [-0.3, -0.25) is 0 Å². The summed E-state index contributed by atoms with van der Waals surface area (Å²) < 4.78 is 4.91. The van der Waals surface area contributed by atoms with Gasteiger partial charge in [-0.15, -0.1) is 0 Å². The molecular weight excluding hydrogens is 266 g/mol. The highest BCUT2D eigenvalue weighted by molar-refractivity contribution is 5.50. The molecule has 2 atom stereocenters. The number of piperidine rings is 1. The third-order valence-corrected chi connectivity index (χ3v) is 3.90. The van der Waals surface area contributed by atoms with Gasteiger partial charge in [-0.25, -0.2) is 0 Å². The first-order valence-corrected chi connectivity index (χ1v) is 7.62. The molecule has 0 aromatic heterocycles. The van der Waals surface area contributed by atoms with Crippen LogP contribution < -0.4 is 10.1 Å². The number of carbonyl (C=O) groups excluding carboxylic acids is 1. The summed E-state index contributed by atoms with van der Waals surface area (Å²) in [5.74, 6) is 1.07. The van der Waals surface area contributed by atoms with Gasteiger partial charge in [-0.2, -0.15) is 0 Å². The Balaban J connectivity index is 0.000000235. The molecule has 1 heterocycles. The first-order chi connectivity index (χ1) is 10.2. The Kier molecular flexibility index (Phi) is 8.01. The van der Waals surface area contributed by atoms with E-state index in [1.807, 2.05) is 30.3 Å². The molecule has 0 bridgehead atoms. The third kappa shape index (κ3) is 5.86. The number of rotatable bonds is 5. The highest BCUT2D eigenvalue weighted by Gasteiger charge is 2.37. The van der Waals surface area contributed by atoms with Crippen molar-refractivity contribution in [2.45, 2.75) is 38.2 Å². The van der Waals surface area contributed by atoms with E-state index in [0.29, 0.717) is 13.0 Å². The van der Waals surface area contributed by atoms with Crippen LogP contribution in [0.1, 0.15) is 32.6 Å². The van der Waals surface area contributed by atoms with Gasteiger partial charge in [-0.1, -0.05) is 31.5 Å². The second kappa shape index (κ2) is 9.53. The van der Waals surface area contributed by atoms with Gasteiger partial charge in [0.15, 0.2) is 0 Å². The number of para-hydroxylation sites is 1. The molecule has 1 aliphatic heterocycles. The Labute approximate surface area is 127 Å². The van der Waals surface area contributed by atoms with Gasteiger partial charge in [-0.05, 0) is 37.4 Å². The van der Waals surface area contributed by atoms with Crippen LogP contribution in [0.4, 0.5) is 0 Å². The van der Waals surface area contributed by atoms with Crippen LogP contribution in [-0.4, -0.2) is 37.2 Å². The summed E-state index contributed by atoms with van der Waals surface area (Å²) in [6.45, 7) is 3.62. The third-order valence-electron chi connectivity index (χ3n) is 3.90. The van der Waals surface area contributed by atoms with Crippen LogP contribution in [0.3, 0.4) is 0 Å². The number of nitrogens with one attached hydrogen (secondary N) is 1. The molecule has 4 nitrogen and oxygen atoms in total. The number of carbonyl (C=O) groups is 1. The maximum Gasteiger partial charge on any atom is 0.120 e. The summed E-state index contributed by atoms with van der Waals surface area (Å²) in [6.07, 6.45) is 4.09. The van der Waals surface area contributed by atoms with Gasteiger partial charge in [0.1, 0.15) is 12.0 Å². The van der Waals surface area contributed by atoms with Crippen molar-refractivity contribution in [3.63, 3.8) is 0 Å². The van der Waals surface area contributed by atoms with Crippen LogP contribution in [0.5, 0.6) is 5.75 Å². The molecule has 0 aliphatic carbocycles. The van der Waals surface area contributed by atoms with Gasteiger partial charge < -0.3 is 20.0 Å². The zero-order chi connectivity index (χ0) is 15.6. The molecular formula is C17H27NO3. The van der Waals surface area contributed by atoms with Gasteiger partial charge in [0.2, 0.25) is 0 Å². The Morgan fingerprint density at radius 1 is 1.43 bits per heavy atom.